The van der Waals surface area contributed by atoms with Gasteiger partial charge in [-0.25, -0.2) is 18.1 Å². The van der Waals surface area contributed by atoms with Crippen LogP contribution in [-0.2, 0) is 4.74 Å². The summed E-state index contributed by atoms with van der Waals surface area (Å²) in [4.78, 5) is 26.5. The molecule has 0 spiro atoms. The molecule has 2 aromatic rings. The summed E-state index contributed by atoms with van der Waals surface area (Å²) in [5.74, 6) is -3.92. The van der Waals surface area contributed by atoms with Crippen molar-refractivity contribution in [2.24, 2.45) is 0 Å². The van der Waals surface area contributed by atoms with E-state index in [4.69, 9.17) is 0 Å². The summed E-state index contributed by atoms with van der Waals surface area (Å²) in [7, 11) is 0. The number of fused-ring (bicyclic) bond motifs is 1. The molecule has 0 amide bonds. The Balaban J connectivity index is 0.00000225. The van der Waals surface area contributed by atoms with Crippen molar-refractivity contribution in [2.45, 2.75) is 31.6 Å². The smallest absolute Gasteiger partial charge is 0.343 e. The summed E-state index contributed by atoms with van der Waals surface area (Å²) < 4.78 is 31.8. The van der Waals surface area contributed by atoms with Crippen molar-refractivity contribution < 1.29 is 18.3 Å². The minimum absolute atomic E-state index is 0. The lowest BCUT2D eigenvalue weighted by atomic mass is 9.94. The van der Waals surface area contributed by atoms with E-state index >= 15 is 0 Å². The van der Waals surface area contributed by atoms with Crippen LogP contribution >= 0.6 is 12.4 Å². The summed E-state index contributed by atoms with van der Waals surface area (Å²) in [6.45, 7) is 1.30. The predicted molar refractivity (Wildman–Crippen MR) is 88.8 cm³/mol. The van der Waals surface area contributed by atoms with Crippen molar-refractivity contribution in [2.75, 3.05) is 19.7 Å². The molecular weight excluding hydrogens is 358 g/mol. The van der Waals surface area contributed by atoms with Crippen LogP contribution in [0.3, 0.4) is 0 Å². The number of halogens is 3. The number of esters is 1. The monoisotopic (exact) mass is 376 g/mol. The maximum atomic E-state index is 12.8. The topological polar surface area (TPSA) is 88.5 Å². The normalized spacial score (nSPS) is 15.8. The van der Waals surface area contributed by atoms with E-state index in [-0.39, 0.29) is 35.1 Å². The molecule has 0 saturated carbocycles. The molecule has 1 aliphatic rings. The van der Waals surface area contributed by atoms with Gasteiger partial charge in [-0.2, -0.15) is 5.10 Å². The highest BCUT2D eigenvalue weighted by Crippen LogP contribution is 2.25. The fourth-order valence-electron chi connectivity index (χ4n) is 2.84. The molecule has 3 rings (SSSR count). The van der Waals surface area contributed by atoms with E-state index in [9.17, 15) is 18.4 Å². The first-order chi connectivity index (χ1) is 11.3. The number of rotatable bonds is 4. The molecule has 1 aliphatic heterocycles. The molecule has 0 atom stereocenters. The number of carbonyl (C=O) groups is 1. The molecule has 0 radical (unpaired) electrons. The van der Waals surface area contributed by atoms with Gasteiger partial charge in [0.05, 0.1) is 11.9 Å². The van der Waals surface area contributed by atoms with E-state index in [1.54, 1.807) is 0 Å². The molecule has 3 heterocycles. The molecule has 0 aromatic carbocycles. The fourth-order valence-corrected chi connectivity index (χ4v) is 2.84. The molecular formula is C15H19ClF2N4O3. The molecule has 2 aromatic heterocycles. The first-order valence-electron chi connectivity index (χ1n) is 7.72. The number of aromatic nitrogens is 3. The van der Waals surface area contributed by atoms with Gasteiger partial charge in [-0.3, -0.25) is 4.79 Å². The largest absolute Gasteiger partial charge is 0.456 e. The number of nitrogens with zero attached hydrogens (tertiary/aromatic N) is 2. The first-order valence-corrected chi connectivity index (χ1v) is 7.72. The van der Waals surface area contributed by atoms with E-state index < -0.39 is 18.5 Å². The Morgan fingerprint density at radius 2 is 2.12 bits per heavy atom. The van der Waals surface area contributed by atoms with Gasteiger partial charge < -0.3 is 15.0 Å². The van der Waals surface area contributed by atoms with Gasteiger partial charge >= 0.3 is 5.97 Å². The maximum Gasteiger partial charge on any atom is 0.343 e. The molecule has 2 N–H and O–H groups in total. The van der Waals surface area contributed by atoms with Crippen molar-refractivity contribution in [1.82, 2.24) is 19.9 Å². The summed E-state index contributed by atoms with van der Waals surface area (Å²) in [6.07, 6.45) is 2.92. The SMILES string of the molecule is CC(F)(F)COC(=O)c1cnn2c(C3CCNCC3)cc(=O)[nH]c12.Cl. The Morgan fingerprint density at radius 3 is 2.76 bits per heavy atom. The number of H-pyrrole nitrogens is 1. The van der Waals surface area contributed by atoms with Crippen molar-refractivity contribution >= 4 is 24.0 Å². The standard InChI is InChI=1S/C15H18F2N4O3.ClH/c1-15(16,17)8-24-14(23)10-7-19-21-11(6-12(22)20-13(10)21)9-2-4-18-5-3-9;/h6-7,9,18H,2-5,8H2,1H3,(H,20,22);1H. The third-order valence-corrected chi connectivity index (χ3v) is 3.97. The highest BCUT2D eigenvalue weighted by Gasteiger charge is 2.26. The zero-order valence-electron chi connectivity index (χ0n) is 13.6. The van der Waals surface area contributed by atoms with Crippen molar-refractivity contribution in [3.05, 3.63) is 33.9 Å². The summed E-state index contributed by atoms with van der Waals surface area (Å²) >= 11 is 0. The number of carbonyl (C=O) groups excluding carboxylic acids is 1. The second kappa shape index (κ2) is 7.49. The summed E-state index contributed by atoms with van der Waals surface area (Å²) in [5, 5.41) is 7.38. The first kappa shape index (κ1) is 19.3. The Labute approximate surface area is 148 Å². The number of hydrogen-bond acceptors (Lipinski definition) is 5. The molecule has 10 heteroatoms. The minimum atomic E-state index is -3.12. The zero-order valence-corrected chi connectivity index (χ0v) is 14.4. The van der Waals surface area contributed by atoms with Crippen LogP contribution < -0.4 is 10.9 Å². The van der Waals surface area contributed by atoms with Gasteiger partial charge in [-0.15, -0.1) is 12.4 Å². The minimum Gasteiger partial charge on any atom is -0.456 e. The van der Waals surface area contributed by atoms with Crippen molar-refractivity contribution in [3.8, 4) is 0 Å². The Morgan fingerprint density at radius 1 is 1.44 bits per heavy atom. The molecule has 1 saturated heterocycles. The van der Waals surface area contributed by atoms with E-state index in [1.807, 2.05) is 0 Å². The van der Waals surface area contributed by atoms with Crippen LogP contribution in [0.4, 0.5) is 8.78 Å². The second-order valence-corrected chi connectivity index (χ2v) is 6.05. The van der Waals surface area contributed by atoms with Gasteiger partial charge in [-0.05, 0) is 25.9 Å². The summed E-state index contributed by atoms with van der Waals surface area (Å²) in [6, 6.07) is 1.46. The van der Waals surface area contributed by atoms with Crippen LogP contribution in [0.15, 0.2) is 17.1 Å². The number of hydrogen-bond donors (Lipinski definition) is 2. The third kappa shape index (κ3) is 4.35. The summed E-state index contributed by atoms with van der Waals surface area (Å²) in [5.41, 5.74) is 0.467. The number of nitrogens with one attached hydrogen (secondary N) is 2. The molecule has 0 aliphatic carbocycles. The Bertz CT molecular complexity index is 809. The van der Waals surface area contributed by atoms with Crippen LogP contribution in [0, 0.1) is 0 Å². The van der Waals surface area contributed by atoms with Crippen molar-refractivity contribution in [3.63, 3.8) is 0 Å². The van der Waals surface area contributed by atoms with E-state index in [0.717, 1.165) is 25.9 Å². The zero-order chi connectivity index (χ0) is 17.3. The lowest BCUT2D eigenvalue weighted by Gasteiger charge is -2.23. The van der Waals surface area contributed by atoms with Crippen molar-refractivity contribution in [1.29, 1.82) is 0 Å². The van der Waals surface area contributed by atoms with E-state index in [2.05, 4.69) is 20.1 Å². The van der Waals surface area contributed by atoms with Crippen LogP contribution in [0.2, 0.25) is 0 Å². The molecule has 1 fully saturated rings. The lowest BCUT2D eigenvalue weighted by Crippen LogP contribution is -2.28. The average Bonchev–Trinajstić information content (AvgIpc) is 2.95. The number of ether oxygens (including phenoxy) is 1. The van der Waals surface area contributed by atoms with E-state index in [0.29, 0.717) is 12.6 Å². The number of piperidine rings is 1. The predicted octanol–water partition coefficient (Wildman–Crippen LogP) is 1.72. The van der Waals surface area contributed by atoms with E-state index in [1.165, 1.54) is 16.8 Å². The number of aromatic amines is 1. The lowest BCUT2D eigenvalue weighted by molar-refractivity contribution is -0.0466. The molecule has 138 valence electrons. The molecule has 0 bridgehead atoms. The van der Waals surface area contributed by atoms with Crippen LogP contribution in [0.1, 0.15) is 41.7 Å². The molecule has 7 nitrogen and oxygen atoms in total. The van der Waals surface area contributed by atoms with Gasteiger partial charge in [0.1, 0.15) is 5.56 Å². The molecule has 0 unspecified atom stereocenters. The Kier molecular flexibility index (Phi) is 5.79. The van der Waals surface area contributed by atoms with Crippen LogP contribution in [-0.4, -0.2) is 46.2 Å². The second-order valence-electron chi connectivity index (χ2n) is 6.05. The van der Waals surface area contributed by atoms with Crippen LogP contribution in [0.5, 0.6) is 0 Å². The quantitative estimate of drug-likeness (QED) is 0.793. The molecule has 25 heavy (non-hydrogen) atoms. The third-order valence-electron chi connectivity index (χ3n) is 3.97. The fraction of sp³-hybridized carbons (Fsp3) is 0.533. The maximum absolute atomic E-state index is 12.8. The highest BCUT2D eigenvalue weighted by molar-refractivity contribution is 5.95. The Hall–Kier alpha value is -2.00. The van der Waals surface area contributed by atoms with Gasteiger partial charge in [0.15, 0.2) is 12.3 Å². The van der Waals surface area contributed by atoms with Gasteiger partial charge in [0.2, 0.25) is 0 Å². The average molecular weight is 377 g/mol. The van der Waals surface area contributed by atoms with Gasteiger partial charge in [-0.1, -0.05) is 0 Å². The van der Waals surface area contributed by atoms with Gasteiger partial charge in [0, 0.05) is 18.9 Å². The highest BCUT2D eigenvalue weighted by atomic mass is 35.5. The number of alkyl halides is 2. The van der Waals surface area contributed by atoms with Crippen LogP contribution in [0.25, 0.3) is 5.65 Å². The van der Waals surface area contributed by atoms with Gasteiger partial charge in [0.25, 0.3) is 11.5 Å².